The Morgan fingerprint density at radius 2 is 2.11 bits per heavy atom. The molecule has 0 unspecified atom stereocenters. The molecular weight excluding hydrogens is 230 g/mol. The van der Waals surface area contributed by atoms with Crippen LogP contribution in [0.3, 0.4) is 0 Å². The number of fused-ring (bicyclic) bond motifs is 1. The van der Waals surface area contributed by atoms with E-state index in [0.29, 0.717) is 11.6 Å². The summed E-state index contributed by atoms with van der Waals surface area (Å²) in [6.45, 7) is 0. The number of hydrogen-bond acceptors (Lipinski definition) is 4. The number of pyridine rings is 1. The van der Waals surface area contributed by atoms with Gasteiger partial charge in [-0.2, -0.15) is 0 Å². The molecule has 18 heavy (non-hydrogen) atoms. The van der Waals surface area contributed by atoms with Crippen LogP contribution >= 0.6 is 0 Å². The third-order valence-corrected chi connectivity index (χ3v) is 3.79. The summed E-state index contributed by atoms with van der Waals surface area (Å²) in [5, 5.41) is 5.12. The topological polar surface area (TPSA) is 82.0 Å². The fourth-order valence-corrected chi connectivity index (χ4v) is 2.75. The summed E-state index contributed by atoms with van der Waals surface area (Å²) >= 11 is 0. The molecular formula is C13H15N3O2. The van der Waals surface area contributed by atoms with Crippen molar-refractivity contribution < 1.29 is 9.32 Å². The summed E-state index contributed by atoms with van der Waals surface area (Å²) < 4.78 is 5.22. The van der Waals surface area contributed by atoms with Gasteiger partial charge >= 0.3 is 0 Å². The van der Waals surface area contributed by atoms with Crippen LogP contribution in [-0.2, 0) is 4.79 Å². The first-order chi connectivity index (χ1) is 8.75. The Kier molecular flexibility index (Phi) is 2.74. The van der Waals surface area contributed by atoms with E-state index in [2.05, 4.69) is 10.1 Å². The van der Waals surface area contributed by atoms with Crippen molar-refractivity contribution in [2.45, 2.75) is 31.6 Å². The van der Waals surface area contributed by atoms with Gasteiger partial charge in [0.15, 0.2) is 0 Å². The van der Waals surface area contributed by atoms with E-state index in [0.717, 1.165) is 36.8 Å². The predicted octanol–water partition coefficient (Wildman–Crippen LogP) is 1.98. The fraction of sp³-hybridized carbons (Fsp3) is 0.462. The number of carbonyl (C=O) groups excluding carboxylic acids is 1. The lowest BCUT2D eigenvalue weighted by atomic mass is 9.80. The molecule has 2 aromatic heterocycles. The molecule has 0 atom stereocenters. The lowest BCUT2D eigenvalue weighted by molar-refractivity contribution is -0.122. The molecule has 5 nitrogen and oxygen atoms in total. The molecule has 0 spiro atoms. The summed E-state index contributed by atoms with van der Waals surface area (Å²) in [7, 11) is 0. The molecule has 1 aliphatic carbocycles. The Balaban J connectivity index is 1.82. The summed E-state index contributed by atoms with van der Waals surface area (Å²) in [5.41, 5.74) is 6.90. The molecule has 94 valence electrons. The molecule has 0 saturated heterocycles. The summed E-state index contributed by atoms with van der Waals surface area (Å²) in [6, 6.07) is 3.87. The highest BCUT2D eigenvalue weighted by Gasteiger charge is 2.28. The van der Waals surface area contributed by atoms with Gasteiger partial charge in [-0.25, -0.2) is 4.98 Å². The van der Waals surface area contributed by atoms with E-state index in [1.165, 1.54) is 0 Å². The van der Waals surface area contributed by atoms with Crippen LogP contribution in [-0.4, -0.2) is 16.0 Å². The highest BCUT2D eigenvalue weighted by atomic mass is 16.5. The third kappa shape index (κ3) is 1.85. The molecule has 2 N–H and O–H groups in total. The number of nitrogens with two attached hydrogens (primary N) is 1. The van der Waals surface area contributed by atoms with Gasteiger partial charge in [-0.1, -0.05) is 5.16 Å². The molecule has 0 aliphatic heterocycles. The Morgan fingerprint density at radius 1 is 1.33 bits per heavy atom. The smallest absolute Gasteiger partial charge is 0.257 e. The Hall–Kier alpha value is -1.91. The molecule has 0 bridgehead atoms. The molecule has 3 rings (SSSR count). The monoisotopic (exact) mass is 245 g/mol. The van der Waals surface area contributed by atoms with E-state index in [-0.39, 0.29) is 11.8 Å². The van der Waals surface area contributed by atoms with Gasteiger partial charge in [0.2, 0.25) is 5.91 Å². The van der Waals surface area contributed by atoms with Gasteiger partial charge in [-0.15, -0.1) is 0 Å². The number of hydrogen-bond donors (Lipinski definition) is 1. The number of carbonyl (C=O) groups is 1. The number of rotatable bonds is 2. The summed E-state index contributed by atoms with van der Waals surface area (Å²) in [6.07, 6.45) is 5.25. The molecule has 1 aliphatic rings. The highest BCUT2D eigenvalue weighted by Crippen LogP contribution is 2.37. The largest absolute Gasteiger partial charge is 0.369 e. The summed E-state index contributed by atoms with van der Waals surface area (Å²) in [4.78, 5) is 15.3. The second-order valence-electron chi connectivity index (χ2n) is 4.87. The second-order valence-corrected chi connectivity index (χ2v) is 4.87. The van der Waals surface area contributed by atoms with Crippen molar-refractivity contribution in [3.8, 4) is 0 Å². The van der Waals surface area contributed by atoms with Crippen molar-refractivity contribution >= 4 is 17.0 Å². The highest BCUT2D eigenvalue weighted by molar-refractivity contribution is 5.77. The zero-order valence-corrected chi connectivity index (χ0v) is 10.0. The van der Waals surface area contributed by atoms with Gasteiger partial charge in [0.25, 0.3) is 5.71 Å². The van der Waals surface area contributed by atoms with Gasteiger partial charge in [0.1, 0.15) is 0 Å². The van der Waals surface area contributed by atoms with Crippen LogP contribution in [0.15, 0.2) is 22.9 Å². The van der Waals surface area contributed by atoms with E-state index < -0.39 is 0 Å². The van der Waals surface area contributed by atoms with Crippen LogP contribution in [0, 0.1) is 5.92 Å². The SMILES string of the molecule is NC(=O)[C@H]1CC[C@H](c2noc3ncccc32)CC1. The quantitative estimate of drug-likeness (QED) is 0.877. The average molecular weight is 245 g/mol. The minimum Gasteiger partial charge on any atom is -0.369 e. The first kappa shape index (κ1) is 11.2. The van der Waals surface area contributed by atoms with E-state index in [4.69, 9.17) is 10.3 Å². The zero-order chi connectivity index (χ0) is 12.5. The molecule has 1 amide bonds. The van der Waals surface area contributed by atoms with Crippen LogP contribution in [0.25, 0.3) is 11.1 Å². The van der Waals surface area contributed by atoms with Crippen LogP contribution in [0.2, 0.25) is 0 Å². The van der Waals surface area contributed by atoms with E-state index in [1.54, 1.807) is 6.20 Å². The number of aromatic nitrogens is 2. The maximum atomic E-state index is 11.1. The first-order valence-corrected chi connectivity index (χ1v) is 6.25. The predicted molar refractivity (Wildman–Crippen MR) is 65.7 cm³/mol. The Labute approximate surface area is 104 Å². The van der Waals surface area contributed by atoms with Gasteiger partial charge in [0.05, 0.1) is 11.1 Å². The molecule has 5 heteroatoms. The minimum absolute atomic E-state index is 0.0255. The second kappa shape index (κ2) is 4.40. The van der Waals surface area contributed by atoms with E-state index in [1.807, 2.05) is 12.1 Å². The van der Waals surface area contributed by atoms with Crippen LogP contribution < -0.4 is 5.73 Å². The lowest BCUT2D eigenvalue weighted by Gasteiger charge is -2.25. The fourth-order valence-electron chi connectivity index (χ4n) is 2.75. The molecule has 0 radical (unpaired) electrons. The van der Waals surface area contributed by atoms with Crippen LogP contribution in [0.1, 0.15) is 37.3 Å². The number of amides is 1. The third-order valence-electron chi connectivity index (χ3n) is 3.79. The zero-order valence-electron chi connectivity index (χ0n) is 10.0. The Bertz CT molecular complexity index is 570. The van der Waals surface area contributed by atoms with E-state index in [9.17, 15) is 4.79 Å². The summed E-state index contributed by atoms with van der Waals surface area (Å²) in [5.74, 6) is 0.198. The molecule has 1 saturated carbocycles. The van der Waals surface area contributed by atoms with Crippen LogP contribution in [0.5, 0.6) is 0 Å². The normalized spacial score (nSPS) is 24.2. The number of primary amides is 1. The van der Waals surface area contributed by atoms with Crippen molar-refractivity contribution in [3.05, 3.63) is 24.0 Å². The standard InChI is InChI=1S/C13H15N3O2/c14-12(17)9-5-3-8(4-6-9)11-10-2-1-7-15-13(10)18-16-11/h1-2,7-9H,3-6H2,(H2,14,17)/t8-,9-. The van der Waals surface area contributed by atoms with Crippen molar-refractivity contribution in [2.24, 2.45) is 11.7 Å². The lowest BCUT2D eigenvalue weighted by Crippen LogP contribution is -2.27. The van der Waals surface area contributed by atoms with Gasteiger partial charge < -0.3 is 10.3 Å². The minimum atomic E-state index is -0.180. The average Bonchev–Trinajstić information content (AvgIpc) is 2.82. The molecule has 2 heterocycles. The van der Waals surface area contributed by atoms with Crippen molar-refractivity contribution in [3.63, 3.8) is 0 Å². The van der Waals surface area contributed by atoms with Crippen molar-refractivity contribution in [2.75, 3.05) is 0 Å². The molecule has 1 fully saturated rings. The van der Waals surface area contributed by atoms with E-state index >= 15 is 0 Å². The maximum Gasteiger partial charge on any atom is 0.257 e. The number of nitrogens with zero attached hydrogens (tertiary/aromatic N) is 2. The molecule has 2 aromatic rings. The van der Waals surface area contributed by atoms with Gasteiger partial charge in [-0.3, -0.25) is 4.79 Å². The Morgan fingerprint density at radius 3 is 2.83 bits per heavy atom. The van der Waals surface area contributed by atoms with Crippen molar-refractivity contribution in [1.82, 2.24) is 10.1 Å². The van der Waals surface area contributed by atoms with Crippen molar-refractivity contribution in [1.29, 1.82) is 0 Å². The maximum absolute atomic E-state index is 11.1. The van der Waals surface area contributed by atoms with Crippen LogP contribution in [0.4, 0.5) is 0 Å². The van der Waals surface area contributed by atoms with Gasteiger partial charge in [-0.05, 0) is 37.8 Å². The first-order valence-electron chi connectivity index (χ1n) is 6.25. The molecule has 0 aromatic carbocycles. The van der Waals surface area contributed by atoms with Gasteiger partial charge in [0, 0.05) is 18.0 Å².